The summed E-state index contributed by atoms with van der Waals surface area (Å²) < 4.78 is 13.4. The third-order valence-corrected chi connectivity index (χ3v) is 3.11. The lowest BCUT2D eigenvalue weighted by Crippen LogP contribution is -1.86. The summed E-state index contributed by atoms with van der Waals surface area (Å²) in [5.41, 5.74) is 1.24. The van der Waals surface area contributed by atoms with Gasteiger partial charge >= 0.3 is 0 Å². The van der Waals surface area contributed by atoms with E-state index in [0.29, 0.717) is 17.1 Å². The Bertz CT molecular complexity index is 455. The van der Waals surface area contributed by atoms with Gasteiger partial charge in [-0.3, -0.25) is 0 Å². The maximum absolute atomic E-state index is 13.4. The summed E-state index contributed by atoms with van der Waals surface area (Å²) in [5.74, 6) is 0.310. The normalized spacial score (nSPS) is 10.5. The van der Waals surface area contributed by atoms with Crippen LogP contribution in [0.1, 0.15) is 5.01 Å². The molecule has 0 N–H and O–H groups in total. The second-order valence-electron chi connectivity index (χ2n) is 3.05. The van der Waals surface area contributed by atoms with Crippen molar-refractivity contribution in [3.8, 4) is 11.3 Å². The summed E-state index contributed by atoms with van der Waals surface area (Å²) in [5, 5.41) is 2.81. The van der Waals surface area contributed by atoms with Gasteiger partial charge in [0.2, 0.25) is 0 Å². The lowest BCUT2D eigenvalue weighted by Gasteiger charge is -1.97. The lowest BCUT2D eigenvalue weighted by molar-refractivity contribution is 0.631. The van der Waals surface area contributed by atoms with Crippen LogP contribution in [0.25, 0.3) is 11.3 Å². The average molecular weight is 242 g/mol. The molecule has 1 nitrogen and oxygen atoms in total. The minimum Gasteiger partial charge on any atom is -0.241 e. The maximum Gasteiger partial charge on any atom is 0.132 e. The summed E-state index contributed by atoms with van der Waals surface area (Å²) in [6.07, 6.45) is 0.737. The molecule has 0 aliphatic carbocycles. The number of rotatable bonds is 3. The molecule has 78 valence electrons. The van der Waals surface area contributed by atoms with E-state index in [1.165, 1.54) is 17.4 Å². The van der Waals surface area contributed by atoms with E-state index in [9.17, 15) is 4.39 Å². The molecule has 2 aromatic rings. The average Bonchev–Trinajstić information content (AvgIpc) is 2.68. The summed E-state index contributed by atoms with van der Waals surface area (Å²) in [6.45, 7) is 0. The number of aryl methyl sites for hydroxylation is 1. The molecule has 0 amide bonds. The molecule has 1 heterocycles. The van der Waals surface area contributed by atoms with Crippen LogP contribution in [-0.2, 0) is 6.42 Å². The van der Waals surface area contributed by atoms with Crippen molar-refractivity contribution in [1.82, 2.24) is 4.98 Å². The molecule has 0 atom stereocenters. The first-order valence-corrected chi connectivity index (χ1v) is 5.98. The van der Waals surface area contributed by atoms with Crippen LogP contribution in [0.2, 0.25) is 0 Å². The number of hydrogen-bond donors (Lipinski definition) is 0. The van der Waals surface area contributed by atoms with Crippen LogP contribution in [-0.4, -0.2) is 10.9 Å². The van der Waals surface area contributed by atoms with E-state index in [4.69, 9.17) is 11.6 Å². The largest absolute Gasteiger partial charge is 0.241 e. The van der Waals surface area contributed by atoms with Gasteiger partial charge in [0.1, 0.15) is 5.82 Å². The Morgan fingerprint density at radius 1 is 1.33 bits per heavy atom. The van der Waals surface area contributed by atoms with Gasteiger partial charge < -0.3 is 0 Å². The van der Waals surface area contributed by atoms with Gasteiger partial charge in [-0.15, -0.1) is 22.9 Å². The zero-order chi connectivity index (χ0) is 10.7. The van der Waals surface area contributed by atoms with Crippen LogP contribution < -0.4 is 0 Å². The number of thiazole rings is 1. The molecule has 1 aromatic carbocycles. The quantitative estimate of drug-likeness (QED) is 0.747. The van der Waals surface area contributed by atoms with Crippen molar-refractivity contribution in [3.05, 3.63) is 40.5 Å². The minimum atomic E-state index is -0.236. The predicted molar refractivity (Wildman–Crippen MR) is 61.9 cm³/mol. The minimum absolute atomic E-state index is 0.236. The SMILES string of the molecule is Fc1ccccc1-c1csc(CCCl)n1. The van der Waals surface area contributed by atoms with Crippen LogP contribution in [0.4, 0.5) is 4.39 Å². The number of benzene rings is 1. The van der Waals surface area contributed by atoms with Crippen molar-refractivity contribution in [1.29, 1.82) is 0 Å². The van der Waals surface area contributed by atoms with E-state index in [1.54, 1.807) is 18.2 Å². The van der Waals surface area contributed by atoms with E-state index in [1.807, 2.05) is 5.38 Å². The van der Waals surface area contributed by atoms with Crippen molar-refractivity contribution in [2.24, 2.45) is 0 Å². The van der Waals surface area contributed by atoms with Gasteiger partial charge in [0, 0.05) is 23.2 Å². The Morgan fingerprint density at radius 2 is 2.13 bits per heavy atom. The molecule has 0 radical (unpaired) electrons. The highest BCUT2D eigenvalue weighted by molar-refractivity contribution is 7.10. The molecule has 0 unspecified atom stereocenters. The fourth-order valence-electron chi connectivity index (χ4n) is 1.30. The molecule has 0 aliphatic rings. The Kier molecular flexibility index (Phi) is 3.34. The van der Waals surface area contributed by atoms with Crippen LogP contribution in [0, 0.1) is 5.82 Å². The number of halogens is 2. The van der Waals surface area contributed by atoms with Crippen LogP contribution >= 0.6 is 22.9 Å². The molecular weight excluding hydrogens is 233 g/mol. The molecule has 0 fully saturated rings. The lowest BCUT2D eigenvalue weighted by atomic mass is 10.2. The fraction of sp³-hybridized carbons (Fsp3) is 0.182. The third-order valence-electron chi connectivity index (χ3n) is 2.01. The number of nitrogens with zero attached hydrogens (tertiary/aromatic N) is 1. The van der Waals surface area contributed by atoms with Gasteiger partial charge in [0.25, 0.3) is 0 Å². The van der Waals surface area contributed by atoms with E-state index >= 15 is 0 Å². The Morgan fingerprint density at radius 3 is 2.87 bits per heavy atom. The highest BCUT2D eigenvalue weighted by Crippen LogP contribution is 2.24. The van der Waals surface area contributed by atoms with E-state index in [0.717, 1.165) is 11.4 Å². The van der Waals surface area contributed by atoms with Gasteiger partial charge in [-0.1, -0.05) is 12.1 Å². The maximum atomic E-state index is 13.4. The first kappa shape index (κ1) is 10.6. The molecular formula is C11H9ClFNS. The zero-order valence-electron chi connectivity index (χ0n) is 7.91. The first-order chi connectivity index (χ1) is 7.31. The van der Waals surface area contributed by atoms with Crippen molar-refractivity contribution in [3.63, 3.8) is 0 Å². The second-order valence-corrected chi connectivity index (χ2v) is 4.37. The molecule has 0 aliphatic heterocycles. The Balaban J connectivity index is 2.33. The molecule has 2 rings (SSSR count). The summed E-state index contributed by atoms with van der Waals surface area (Å²) in [7, 11) is 0. The number of hydrogen-bond acceptors (Lipinski definition) is 2. The highest BCUT2D eigenvalue weighted by atomic mass is 35.5. The highest BCUT2D eigenvalue weighted by Gasteiger charge is 2.07. The molecule has 0 saturated carbocycles. The van der Waals surface area contributed by atoms with Crippen molar-refractivity contribution in [2.45, 2.75) is 6.42 Å². The molecule has 0 saturated heterocycles. The van der Waals surface area contributed by atoms with Gasteiger partial charge in [0.15, 0.2) is 0 Å². The summed E-state index contributed by atoms with van der Waals surface area (Å²) >= 11 is 7.13. The number of alkyl halides is 1. The summed E-state index contributed by atoms with van der Waals surface area (Å²) in [6, 6.07) is 6.65. The molecule has 1 aromatic heterocycles. The predicted octanol–water partition coefficient (Wildman–Crippen LogP) is 3.73. The molecule has 0 spiro atoms. The zero-order valence-corrected chi connectivity index (χ0v) is 9.48. The first-order valence-electron chi connectivity index (χ1n) is 4.56. The van der Waals surface area contributed by atoms with E-state index < -0.39 is 0 Å². The van der Waals surface area contributed by atoms with E-state index in [-0.39, 0.29) is 5.82 Å². The fourth-order valence-corrected chi connectivity index (χ4v) is 2.39. The monoisotopic (exact) mass is 241 g/mol. The van der Waals surface area contributed by atoms with Crippen LogP contribution in [0.3, 0.4) is 0 Å². The third kappa shape index (κ3) is 2.36. The topological polar surface area (TPSA) is 12.9 Å². The van der Waals surface area contributed by atoms with Gasteiger partial charge in [-0.25, -0.2) is 9.37 Å². The number of aromatic nitrogens is 1. The molecule has 4 heteroatoms. The van der Waals surface area contributed by atoms with Gasteiger partial charge in [-0.05, 0) is 12.1 Å². The second kappa shape index (κ2) is 4.73. The van der Waals surface area contributed by atoms with Crippen LogP contribution in [0.15, 0.2) is 29.6 Å². The smallest absolute Gasteiger partial charge is 0.132 e. The van der Waals surface area contributed by atoms with Crippen molar-refractivity contribution < 1.29 is 4.39 Å². The van der Waals surface area contributed by atoms with Gasteiger partial charge in [0.05, 0.1) is 10.7 Å². The van der Waals surface area contributed by atoms with E-state index in [2.05, 4.69) is 4.98 Å². The van der Waals surface area contributed by atoms with Crippen LogP contribution in [0.5, 0.6) is 0 Å². The molecule has 15 heavy (non-hydrogen) atoms. The van der Waals surface area contributed by atoms with Crippen molar-refractivity contribution >= 4 is 22.9 Å². The van der Waals surface area contributed by atoms with Gasteiger partial charge in [-0.2, -0.15) is 0 Å². The standard InChI is InChI=1S/C11H9ClFNS/c12-6-5-11-14-10(7-15-11)8-3-1-2-4-9(8)13/h1-4,7H,5-6H2. The molecule has 0 bridgehead atoms. The van der Waals surface area contributed by atoms with Crippen molar-refractivity contribution in [2.75, 3.05) is 5.88 Å². The summed E-state index contributed by atoms with van der Waals surface area (Å²) in [4.78, 5) is 4.33. The Labute approximate surface area is 96.5 Å². The Hall–Kier alpha value is -0.930.